The summed E-state index contributed by atoms with van der Waals surface area (Å²) in [4.78, 5) is 13.4. The van der Waals surface area contributed by atoms with Crippen LogP contribution in [0.25, 0.3) is 0 Å². The highest BCUT2D eigenvalue weighted by Gasteiger charge is 2.35. The van der Waals surface area contributed by atoms with E-state index in [2.05, 4.69) is 10.1 Å². The van der Waals surface area contributed by atoms with Crippen molar-refractivity contribution in [2.24, 2.45) is 0 Å². The number of nitrogens with zero attached hydrogens (tertiary/aromatic N) is 1. The number of carbonyl (C=O) groups is 1. The maximum Gasteiger partial charge on any atom is 0.411 e. The molecule has 0 aromatic carbocycles. The molecule has 2 atom stereocenters. The number of ether oxygens (including phenoxy) is 1. The minimum absolute atomic E-state index is 0.0556. The van der Waals surface area contributed by atoms with E-state index in [1.807, 2.05) is 13.8 Å². The van der Waals surface area contributed by atoms with Crippen LogP contribution in [0.2, 0.25) is 0 Å². The first kappa shape index (κ1) is 15.2. The van der Waals surface area contributed by atoms with Crippen LogP contribution >= 0.6 is 0 Å². The minimum atomic E-state index is -4.32. The van der Waals surface area contributed by atoms with Crippen molar-refractivity contribution in [2.75, 3.05) is 19.8 Å². The van der Waals surface area contributed by atoms with Gasteiger partial charge in [0, 0.05) is 6.54 Å². The van der Waals surface area contributed by atoms with Crippen molar-refractivity contribution in [3.8, 4) is 0 Å². The van der Waals surface area contributed by atoms with E-state index in [1.165, 1.54) is 4.90 Å². The number of amides is 1. The van der Waals surface area contributed by atoms with Crippen LogP contribution in [0.5, 0.6) is 0 Å². The van der Waals surface area contributed by atoms with Crippen molar-refractivity contribution in [3.63, 3.8) is 0 Å². The van der Waals surface area contributed by atoms with E-state index in [1.54, 1.807) is 0 Å². The standard InChI is InChI=1S/C11H19F3N2O2/c1-3-4-9-10(17)16(8(2)15-9)5-6-18-7-11(12,13)14/h8-9,15H,3-7H2,1-2H3. The molecule has 1 amide bonds. The van der Waals surface area contributed by atoms with Crippen LogP contribution in [-0.4, -0.2) is 48.9 Å². The lowest BCUT2D eigenvalue weighted by atomic mass is 10.2. The SMILES string of the molecule is CCCC1NC(C)N(CCOCC(F)(F)F)C1=O. The molecule has 1 saturated heterocycles. The first-order chi connectivity index (χ1) is 8.35. The fourth-order valence-electron chi connectivity index (χ4n) is 1.99. The van der Waals surface area contributed by atoms with Gasteiger partial charge in [0.2, 0.25) is 5.91 Å². The van der Waals surface area contributed by atoms with Gasteiger partial charge in [0.05, 0.1) is 18.8 Å². The lowest BCUT2D eigenvalue weighted by Crippen LogP contribution is -2.37. The number of nitrogens with one attached hydrogen (secondary N) is 1. The summed E-state index contributed by atoms with van der Waals surface area (Å²) in [5.74, 6) is -0.0556. The van der Waals surface area contributed by atoms with E-state index in [9.17, 15) is 18.0 Å². The van der Waals surface area contributed by atoms with E-state index >= 15 is 0 Å². The van der Waals surface area contributed by atoms with E-state index in [0.717, 1.165) is 12.8 Å². The lowest BCUT2D eigenvalue weighted by Gasteiger charge is -2.20. The van der Waals surface area contributed by atoms with Gasteiger partial charge in [-0.3, -0.25) is 10.1 Å². The molecule has 1 rings (SSSR count). The van der Waals surface area contributed by atoms with Crippen LogP contribution in [0.15, 0.2) is 0 Å². The van der Waals surface area contributed by atoms with E-state index in [0.29, 0.717) is 0 Å². The molecule has 2 unspecified atom stereocenters. The Hall–Kier alpha value is -0.820. The summed E-state index contributed by atoms with van der Waals surface area (Å²) in [5.41, 5.74) is 0. The molecule has 0 radical (unpaired) electrons. The summed E-state index contributed by atoms with van der Waals surface area (Å²) in [6.07, 6.45) is -2.84. The molecule has 1 fully saturated rings. The Morgan fingerprint density at radius 3 is 2.67 bits per heavy atom. The normalized spacial score (nSPS) is 24.9. The van der Waals surface area contributed by atoms with Gasteiger partial charge in [0.25, 0.3) is 0 Å². The summed E-state index contributed by atoms with van der Waals surface area (Å²) < 4.78 is 40.1. The van der Waals surface area contributed by atoms with Crippen LogP contribution in [-0.2, 0) is 9.53 Å². The predicted octanol–water partition coefficient (Wildman–Crippen LogP) is 1.51. The van der Waals surface area contributed by atoms with Gasteiger partial charge in [-0.25, -0.2) is 0 Å². The third-order valence-corrected chi connectivity index (χ3v) is 2.81. The quantitative estimate of drug-likeness (QED) is 0.742. The molecule has 0 aromatic heterocycles. The molecule has 1 aliphatic heterocycles. The molecule has 0 aliphatic carbocycles. The Labute approximate surface area is 104 Å². The van der Waals surface area contributed by atoms with Crippen molar-refractivity contribution in [2.45, 2.75) is 45.1 Å². The van der Waals surface area contributed by atoms with Gasteiger partial charge in [0.1, 0.15) is 6.61 Å². The number of halogens is 3. The average molecular weight is 268 g/mol. The molecule has 0 aromatic rings. The molecule has 0 saturated carbocycles. The molecule has 18 heavy (non-hydrogen) atoms. The highest BCUT2D eigenvalue weighted by molar-refractivity contribution is 5.84. The van der Waals surface area contributed by atoms with Crippen molar-refractivity contribution >= 4 is 5.91 Å². The first-order valence-electron chi connectivity index (χ1n) is 6.06. The molecule has 7 heteroatoms. The number of rotatable bonds is 6. The lowest BCUT2D eigenvalue weighted by molar-refractivity contribution is -0.174. The summed E-state index contributed by atoms with van der Waals surface area (Å²) in [5, 5.41) is 3.11. The summed E-state index contributed by atoms with van der Waals surface area (Å²) in [7, 11) is 0. The van der Waals surface area contributed by atoms with Crippen molar-refractivity contribution < 1.29 is 22.7 Å². The largest absolute Gasteiger partial charge is 0.411 e. The fourth-order valence-corrected chi connectivity index (χ4v) is 1.99. The fraction of sp³-hybridized carbons (Fsp3) is 0.909. The van der Waals surface area contributed by atoms with Gasteiger partial charge in [0.15, 0.2) is 0 Å². The van der Waals surface area contributed by atoms with Gasteiger partial charge >= 0.3 is 6.18 Å². The topological polar surface area (TPSA) is 41.6 Å². The van der Waals surface area contributed by atoms with Crippen LogP contribution in [0.3, 0.4) is 0 Å². The zero-order valence-electron chi connectivity index (χ0n) is 10.6. The maximum absolute atomic E-state index is 11.9. The molecule has 4 nitrogen and oxygen atoms in total. The highest BCUT2D eigenvalue weighted by Crippen LogP contribution is 2.16. The molecular formula is C11H19F3N2O2. The molecule has 0 spiro atoms. The van der Waals surface area contributed by atoms with Crippen molar-refractivity contribution in [1.82, 2.24) is 10.2 Å². The second kappa shape index (κ2) is 6.38. The zero-order valence-corrected chi connectivity index (χ0v) is 10.6. The first-order valence-corrected chi connectivity index (χ1v) is 6.06. The molecule has 1 N–H and O–H groups in total. The molecule has 1 heterocycles. The van der Waals surface area contributed by atoms with E-state index < -0.39 is 12.8 Å². The van der Waals surface area contributed by atoms with Crippen LogP contribution in [0.1, 0.15) is 26.7 Å². The van der Waals surface area contributed by atoms with E-state index in [-0.39, 0.29) is 31.3 Å². The molecular weight excluding hydrogens is 249 g/mol. The third kappa shape index (κ3) is 4.45. The minimum Gasteiger partial charge on any atom is -0.370 e. The Bertz CT molecular complexity index is 284. The predicted molar refractivity (Wildman–Crippen MR) is 59.9 cm³/mol. The Kier molecular flexibility index (Phi) is 5.40. The second-order valence-electron chi connectivity index (χ2n) is 4.38. The summed E-state index contributed by atoms with van der Waals surface area (Å²) in [6.45, 7) is 2.61. The maximum atomic E-state index is 11.9. The monoisotopic (exact) mass is 268 g/mol. The smallest absolute Gasteiger partial charge is 0.370 e. The summed E-state index contributed by atoms with van der Waals surface area (Å²) in [6, 6.07) is -0.215. The number of hydrogen-bond donors (Lipinski definition) is 1. The Balaban J connectivity index is 2.32. The molecule has 1 aliphatic rings. The van der Waals surface area contributed by atoms with Crippen LogP contribution in [0, 0.1) is 0 Å². The second-order valence-corrected chi connectivity index (χ2v) is 4.38. The Morgan fingerprint density at radius 1 is 1.44 bits per heavy atom. The van der Waals surface area contributed by atoms with Gasteiger partial charge in [-0.05, 0) is 13.3 Å². The zero-order chi connectivity index (χ0) is 13.8. The van der Waals surface area contributed by atoms with Gasteiger partial charge < -0.3 is 9.64 Å². The average Bonchev–Trinajstić information content (AvgIpc) is 2.50. The van der Waals surface area contributed by atoms with Gasteiger partial charge in [-0.15, -0.1) is 0 Å². The molecule has 106 valence electrons. The van der Waals surface area contributed by atoms with Crippen molar-refractivity contribution in [3.05, 3.63) is 0 Å². The highest BCUT2D eigenvalue weighted by atomic mass is 19.4. The third-order valence-electron chi connectivity index (χ3n) is 2.81. The van der Waals surface area contributed by atoms with Gasteiger partial charge in [-0.1, -0.05) is 13.3 Å². The number of hydrogen-bond acceptors (Lipinski definition) is 3. The van der Waals surface area contributed by atoms with E-state index in [4.69, 9.17) is 0 Å². The number of alkyl halides is 3. The van der Waals surface area contributed by atoms with Crippen LogP contribution in [0.4, 0.5) is 13.2 Å². The Morgan fingerprint density at radius 2 is 2.11 bits per heavy atom. The van der Waals surface area contributed by atoms with Crippen molar-refractivity contribution in [1.29, 1.82) is 0 Å². The van der Waals surface area contributed by atoms with Crippen LogP contribution < -0.4 is 5.32 Å². The molecule has 0 bridgehead atoms. The summed E-state index contributed by atoms with van der Waals surface area (Å²) >= 11 is 0. The number of carbonyl (C=O) groups excluding carboxylic acids is 1. The van der Waals surface area contributed by atoms with Gasteiger partial charge in [-0.2, -0.15) is 13.2 Å².